The Labute approximate surface area is 118 Å². The first-order valence-electron chi connectivity index (χ1n) is 6.68. The number of aliphatic carboxylic acids is 1. The summed E-state index contributed by atoms with van der Waals surface area (Å²) in [6, 6.07) is 5.78. The molecule has 5 nitrogen and oxygen atoms in total. The molecular formula is C15H19NO4. The topological polar surface area (TPSA) is 66.8 Å². The van der Waals surface area contributed by atoms with Crippen LogP contribution in [0.2, 0.25) is 0 Å². The van der Waals surface area contributed by atoms with Crippen LogP contribution in [0.3, 0.4) is 0 Å². The molecule has 0 aliphatic carbocycles. The highest BCUT2D eigenvalue weighted by molar-refractivity contribution is 5.80. The van der Waals surface area contributed by atoms with Gasteiger partial charge in [0.15, 0.2) is 6.61 Å². The van der Waals surface area contributed by atoms with Gasteiger partial charge in [0.25, 0.3) is 5.91 Å². The molecule has 1 unspecified atom stereocenters. The van der Waals surface area contributed by atoms with E-state index >= 15 is 0 Å². The number of nitrogens with zero attached hydrogens (tertiary/aromatic N) is 1. The average molecular weight is 277 g/mol. The fourth-order valence-corrected chi connectivity index (χ4v) is 2.38. The van der Waals surface area contributed by atoms with E-state index in [0.717, 1.165) is 11.1 Å². The van der Waals surface area contributed by atoms with E-state index in [-0.39, 0.29) is 19.1 Å². The van der Waals surface area contributed by atoms with Crippen molar-refractivity contribution in [2.75, 3.05) is 19.7 Å². The van der Waals surface area contributed by atoms with Crippen molar-refractivity contribution in [2.45, 2.75) is 20.3 Å². The zero-order chi connectivity index (χ0) is 14.7. The molecule has 1 aliphatic heterocycles. The number of carbonyl (C=O) groups excluding carboxylic acids is 1. The molecule has 20 heavy (non-hydrogen) atoms. The van der Waals surface area contributed by atoms with E-state index in [1.54, 1.807) is 4.90 Å². The smallest absolute Gasteiger partial charge is 0.308 e. The molecule has 2 rings (SSSR count). The van der Waals surface area contributed by atoms with Gasteiger partial charge in [-0.3, -0.25) is 9.59 Å². The highest BCUT2D eigenvalue weighted by atomic mass is 16.5. The Bertz CT molecular complexity index is 527. The van der Waals surface area contributed by atoms with E-state index in [4.69, 9.17) is 9.84 Å². The lowest BCUT2D eigenvalue weighted by Crippen LogP contribution is -2.33. The zero-order valence-corrected chi connectivity index (χ0v) is 11.8. The minimum Gasteiger partial charge on any atom is -0.484 e. The fraction of sp³-hybridized carbons (Fsp3) is 0.467. The Hall–Kier alpha value is -2.04. The molecule has 0 spiro atoms. The number of likely N-dealkylation sites (tertiary alicyclic amines) is 1. The number of rotatable bonds is 4. The number of carbonyl (C=O) groups is 2. The van der Waals surface area contributed by atoms with E-state index in [1.165, 1.54) is 0 Å². The number of benzene rings is 1. The van der Waals surface area contributed by atoms with E-state index in [1.807, 2.05) is 32.0 Å². The molecule has 1 atom stereocenters. The van der Waals surface area contributed by atoms with Gasteiger partial charge in [0.1, 0.15) is 5.75 Å². The van der Waals surface area contributed by atoms with Crippen molar-refractivity contribution in [2.24, 2.45) is 5.92 Å². The van der Waals surface area contributed by atoms with Crippen LogP contribution in [0.15, 0.2) is 18.2 Å². The number of carboxylic acids is 1. The van der Waals surface area contributed by atoms with Crippen LogP contribution in [0, 0.1) is 19.8 Å². The highest BCUT2D eigenvalue weighted by Crippen LogP contribution is 2.20. The van der Waals surface area contributed by atoms with E-state index < -0.39 is 11.9 Å². The Morgan fingerprint density at radius 3 is 2.75 bits per heavy atom. The average Bonchev–Trinajstić information content (AvgIpc) is 2.87. The predicted molar refractivity (Wildman–Crippen MR) is 73.7 cm³/mol. The monoisotopic (exact) mass is 277 g/mol. The van der Waals surface area contributed by atoms with Crippen molar-refractivity contribution in [3.8, 4) is 5.75 Å². The summed E-state index contributed by atoms with van der Waals surface area (Å²) < 4.78 is 5.52. The molecular weight excluding hydrogens is 258 g/mol. The second kappa shape index (κ2) is 5.94. The molecule has 0 bridgehead atoms. The minimum atomic E-state index is -0.837. The second-order valence-electron chi connectivity index (χ2n) is 5.22. The molecule has 0 saturated carbocycles. The zero-order valence-electron chi connectivity index (χ0n) is 11.8. The summed E-state index contributed by atoms with van der Waals surface area (Å²) in [5, 5.41) is 8.91. The quantitative estimate of drug-likeness (QED) is 0.908. The number of hydrogen-bond acceptors (Lipinski definition) is 3. The van der Waals surface area contributed by atoms with Crippen LogP contribution in [-0.2, 0) is 9.59 Å². The van der Waals surface area contributed by atoms with Crippen LogP contribution in [0.25, 0.3) is 0 Å². The van der Waals surface area contributed by atoms with E-state index in [2.05, 4.69) is 0 Å². The van der Waals surface area contributed by atoms with Crippen molar-refractivity contribution in [1.29, 1.82) is 0 Å². The summed E-state index contributed by atoms with van der Waals surface area (Å²) in [6.45, 7) is 4.66. The molecule has 5 heteroatoms. The standard InChI is InChI=1S/C15H19NO4/c1-10-3-4-13(11(2)7-10)20-9-14(17)16-6-5-12(8-16)15(18)19/h3-4,7,12H,5-6,8-9H2,1-2H3,(H,18,19). The minimum absolute atomic E-state index is 0.0454. The van der Waals surface area contributed by atoms with Gasteiger partial charge in [0.05, 0.1) is 5.92 Å². The van der Waals surface area contributed by atoms with Gasteiger partial charge in [-0.05, 0) is 31.9 Å². The van der Waals surface area contributed by atoms with E-state index in [0.29, 0.717) is 18.7 Å². The lowest BCUT2D eigenvalue weighted by atomic mass is 10.1. The molecule has 1 heterocycles. The third-order valence-electron chi connectivity index (χ3n) is 3.57. The lowest BCUT2D eigenvalue weighted by molar-refractivity contribution is -0.141. The molecule has 108 valence electrons. The van der Waals surface area contributed by atoms with Crippen LogP contribution in [0.1, 0.15) is 17.5 Å². The van der Waals surface area contributed by atoms with Gasteiger partial charge in [-0.15, -0.1) is 0 Å². The summed E-state index contributed by atoms with van der Waals surface area (Å²) in [4.78, 5) is 24.4. The van der Waals surface area contributed by atoms with Crippen LogP contribution in [0.5, 0.6) is 5.75 Å². The molecule has 1 amide bonds. The summed E-state index contributed by atoms with van der Waals surface area (Å²) in [7, 11) is 0. The molecule has 0 radical (unpaired) electrons. The summed E-state index contributed by atoms with van der Waals surface area (Å²) >= 11 is 0. The molecule has 1 fully saturated rings. The molecule has 1 aromatic rings. The van der Waals surface area contributed by atoms with Crippen LogP contribution < -0.4 is 4.74 Å². The maximum Gasteiger partial charge on any atom is 0.308 e. The van der Waals surface area contributed by atoms with Crippen LogP contribution in [-0.4, -0.2) is 41.6 Å². The van der Waals surface area contributed by atoms with Crippen molar-refractivity contribution in [3.05, 3.63) is 29.3 Å². The maximum atomic E-state index is 12.0. The number of aryl methyl sites for hydroxylation is 2. The van der Waals surface area contributed by atoms with Gasteiger partial charge in [0, 0.05) is 13.1 Å². The predicted octanol–water partition coefficient (Wildman–Crippen LogP) is 1.62. The van der Waals surface area contributed by atoms with Gasteiger partial charge in [-0.2, -0.15) is 0 Å². The Morgan fingerprint density at radius 2 is 2.15 bits per heavy atom. The summed E-state index contributed by atoms with van der Waals surface area (Å²) in [5.74, 6) is -0.748. The van der Waals surface area contributed by atoms with Crippen LogP contribution in [0.4, 0.5) is 0 Å². The second-order valence-corrected chi connectivity index (χ2v) is 5.22. The molecule has 1 saturated heterocycles. The van der Waals surface area contributed by atoms with Crippen molar-refractivity contribution in [3.63, 3.8) is 0 Å². The molecule has 1 aromatic carbocycles. The van der Waals surface area contributed by atoms with Gasteiger partial charge in [-0.25, -0.2) is 0 Å². The fourth-order valence-electron chi connectivity index (χ4n) is 2.38. The molecule has 1 N–H and O–H groups in total. The van der Waals surface area contributed by atoms with Gasteiger partial charge in [0.2, 0.25) is 0 Å². The maximum absolute atomic E-state index is 12.0. The number of ether oxygens (including phenoxy) is 1. The first-order chi connectivity index (χ1) is 9.47. The summed E-state index contributed by atoms with van der Waals surface area (Å²) in [5.41, 5.74) is 2.13. The van der Waals surface area contributed by atoms with Crippen LogP contribution >= 0.6 is 0 Å². The number of carboxylic acid groups (broad SMARTS) is 1. The first-order valence-corrected chi connectivity index (χ1v) is 6.68. The largest absolute Gasteiger partial charge is 0.484 e. The van der Waals surface area contributed by atoms with Crippen molar-refractivity contribution < 1.29 is 19.4 Å². The Balaban J connectivity index is 1.88. The van der Waals surface area contributed by atoms with Gasteiger partial charge in [-0.1, -0.05) is 17.7 Å². The highest BCUT2D eigenvalue weighted by Gasteiger charge is 2.30. The lowest BCUT2D eigenvalue weighted by Gasteiger charge is -2.17. The first kappa shape index (κ1) is 14.4. The third kappa shape index (κ3) is 3.29. The number of hydrogen-bond donors (Lipinski definition) is 1. The normalized spacial score (nSPS) is 18.1. The van der Waals surface area contributed by atoms with Gasteiger partial charge >= 0.3 is 5.97 Å². The SMILES string of the molecule is Cc1ccc(OCC(=O)N2CCC(C(=O)O)C2)c(C)c1. The van der Waals surface area contributed by atoms with E-state index in [9.17, 15) is 9.59 Å². The van der Waals surface area contributed by atoms with Crippen molar-refractivity contribution in [1.82, 2.24) is 4.90 Å². The summed E-state index contributed by atoms with van der Waals surface area (Å²) in [6.07, 6.45) is 0.518. The number of amides is 1. The van der Waals surface area contributed by atoms with Crippen molar-refractivity contribution >= 4 is 11.9 Å². The third-order valence-corrected chi connectivity index (χ3v) is 3.57. The molecule has 0 aromatic heterocycles. The Morgan fingerprint density at radius 1 is 1.40 bits per heavy atom. The Kier molecular flexibility index (Phi) is 4.27. The molecule has 1 aliphatic rings. The van der Waals surface area contributed by atoms with Gasteiger partial charge < -0.3 is 14.7 Å².